The van der Waals surface area contributed by atoms with Gasteiger partial charge < -0.3 is 15.4 Å². The van der Waals surface area contributed by atoms with Crippen LogP contribution in [-0.2, 0) is 6.54 Å². The van der Waals surface area contributed by atoms with E-state index < -0.39 is 0 Å². The fourth-order valence-electron chi connectivity index (χ4n) is 1.95. The highest BCUT2D eigenvalue weighted by Gasteiger charge is 2.15. The molecular weight excluding hydrogens is 200 g/mol. The SMILES string of the molecule is COc1ccc(C)cc1CNCC1CNC1. The molecule has 1 aromatic carbocycles. The van der Waals surface area contributed by atoms with E-state index in [9.17, 15) is 0 Å². The smallest absolute Gasteiger partial charge is 0.123 e. The quantitative estimate of drug-likeness (QED) is 0.785. The lowest BCUT2D eigenvalue weighted by atomic mass is 10.0. The Morgan fingerprint density at radius 1 is 1.44 bits per heavy atom. The standard InChI is InChI=1S/C13H20N2O/c1-10-3-4-13(16-2)12(5-10)9-15-8-11-6-14-7-11/h3-5,11,14-15H,6-9H2,1-2H3. The third kappa shape index (κ3) is 2.74. The molecule has 0 amide bonds. The van der Waals surface area contributed by atoms with Gasteiger partial charge in [0.05, 0.1) is 7.11 Å². The Morgan fingerprint density at radius 2 is 2.25 bits per heavy atom. The van der Waals surface area contributed by atoms with Crippen molar-refractivity contribution in [3.8, 4) is 5.75 Å². The molecule has 0 bridgehead atoms. The molecular formula is C13H20N2O. The van der Waals surface area contributed by atoms with E-state index in [0.717, 1.165) is 37.8 Å². The summed E-state index contributed by atoms with van der Waals surface area (Å²) in [5.74, 6) is 1.78. The van der Waals surface area contributed by atoms with Crippen LogP contribution in [0.15, 0.2) is 18.2 Å². The monoisotopic (exact) mass is 220 g/mol. The van der Waals surface area contributed by atoms with Gasteiger partial charge in [0.25, 0.3) is 0 Å². The third-order valence-electron chi connectivity index (χ3n) is 3.05. The predicted octanol–water partition coefficient (Wildman–Crippen LogP) is 1.31. The zero-order valence-corrected chi connectivity index (χ0v) is 10.0. The molecule has 1 aliphatic heterocycles. The molecule has 0 spiro atoms. The van der Waals surface area contributed by atoms with Crippen molar-refractivity contribution in [1.82, 2.24) is 10.6 Å². The summed E-state index contributed by atoms with van der Waals surface area (Å²) >= 11 is 0. The molecule has 0 aromatic heterocycles. The Morgan fingerprint density at radius 3 is 2.88 bits per heavy atom. The fraction of sp³-hybridized carbons (Fsp3) is 0.538. The third-order valence-corrected chi connectivity index (χ3v) is 3.05. The van der Waals surface area contributed by atoms with Crippen LogP contribution in [0.25, 0.3) is 0 Å². The summed E-state index contributed by atoms with van der Waals surface area (Å²) in [6, 6.07) is 6.31. The first-order chi connectivity index (χ1) is 7.79. The van der Waals surface area contributed by atoms with Crippen molar-refractivity contribution < 1.29 is 4.74 Å². The van der Waals surface area contributed by atoms with Crippen molar-refractivity contribution in [2.75, 3.05) is 26.7 Å². The van der Waals surface area contributed by atoms with Gasteiger partial charge in [-0.25, -0.2) is 0 Å². The minimum atomic E-state index is 0.802. The van der Waals surface area contributed by atoms with Gasteiger partial charge in [-0.05, 0) is 18.9 Å². The van der Waals surface area contributed by atoms with Crippen molar-refractivity contribution in [2.45, 2.75) is 13.5 Å². The number of rotatable bonds is 5. The molecule has 16 heavy (non-hydrogen) atoms. The second kappa shape index (κ2) is 5.32. The molecule has 2 N–H and O–H groups in total. The van der Waals surface area contributed by atoms with E-state index in [1.165, 1.54) is 11.1 Å². The Labute approximate surface area is 97.2 Å². The number of nitrogens with one attached hydrogen (secondary N) is 2. The Bertz CT molecular complexity index is 348. The van der Waals surface area contributed by atoms with Gasteiger partial charge in [-0.1, -0.05) is 17.7 Å². The molecule has 0 atom stereocenters. The van der Waals surface area contributed by atoms with Crippen molar-refractivity contribution >= 4 is 0 Å². The van der Waals surface area contributed by atoms with Crippen LogP contribution >= 0.6 is 0 Å². The second-order valence-electron chi connectivity index (χ2n) is 4.47. The molecule has 1 heterocycles. The van der Waals surface area contributed by atoms with Gasteiger partial charge in [-0.3, -0.25) is 0 Å². The lowest BCUT2D eigenvalue weighted by Gasteiger charge is -2.27. The largest absolute Gasteiger partial charge is 0.496 e. The molecule has 1 aromatic rings. The van der Waals surface area contributed by atoms with Gasteiger partial charge >= 0.3 is 0 Å². The molecule has 3 nitrogen and oxygen atoms in total. The van der Waals surface area contributed by atoms with Gasteiger partial charge in [0.2, 0.25) is 0 Å². The van der Waals surface area contributed by atoms with Crippen molar-refractivity contribution in [1.29, 1.82) is 0 Å². The summed E-state index contributed by atoms with van der Waals surface area (Å²) in [6.45, 7) is 6.39. The summed E-state index contributed by atoms with van der Waals surface area (Å²) in [5.41, 5.74) is 2.53. The van der Waals surface area contributed by atoms with Crippen molar-refractivity contribution in [3.63, 3.8) is 0 Å². The van der Waals surface area contributed by atoms with Crippen LogP contribution in [0.3, 0.4) is 0 Å². The van der Waals surface area contributed by atoms with Crippen LogP contribution in [0.2, 0.25) is 0 Å². The summed E-state index contributed by atoms with van der Waals surface area (Å²) in [7, 11) is 1.73. The van der Waals surface area contributed by atoms with E-state index in [4.69, 9.17) is 4.74 Å². The maximum absolute atomic E-state index is 5.35. The van der Waals surface area contributed by atoms with Crippen molar-refractivity contribution in [3.05, 3.63) is 29.3 Å². The average molecular weight is 220 g/mol. The van der Waals surface area contributed by atoms with Crippen LogP contribution in [0.1, 0.15) is 11.1 Å². The summed E-state index contributed by atoms with van der Waals surface area (Å²) < 4.78 is 5.35. The van der Waals surface area contributed by atoms with Crippen LogP contribution in [0.4, 0.5) is 0 Å². The van der Waals surface area contributed by atoms with Gasteiger partial charge in [-0.2, -0.15) is 0 Å². The van der Waals surface area contributed by atoms with Crippen molar-refractivity contribution in [2.24, 2.45) is 5.92 Å². The molecule has 0 aliphatic carbocycles. The zero-order chi connectivity index (χ0) is 11.4. The topological polar surface area (TPSA) is 33.3 Å². The summed E-state index contributed by atoms with van der Waals surface area (Å²) in [5, 5.41) is 6.76. The zero-order valence-electron chi connectivity index (χ0n) is 10.0. The van der Waals surface area contributed by atoms with E-state index in [2.05, 4.69) is 29.7 Å². The summed E-state index contributed by atoms with van der Waals surface area (Å²) in [4.78, 5) is 0. The lowest BCUT2D eigenvalue weighted by Crippen LogP contribution is -2.47. The van der Waals surface area contributed by atoms with Crippen LogP contribution in [0, 0.1) is 12.8 Å². The second-order valence-corrected chi connectivity index (χ2v) is 4.47. The molecule has 1 fully saturated rings. The molecule has 88 valence electrons. The van der Waals surface area contributed by atoms with E-state index in [1.54, 1.807) is 7.11 Å². The van der Waals surface area contributed by atoms with Gasteiger partial charge in [0, 0.05) is 31.7 Å². The molecule has 3 heteroatoms. The number of hydrogen-bond donors (Lipinski definition) is 2. The number of ether oxygens (including phenoxy) is 1. The van der Waals surface area contributed by atoms with E-state index in [0.29, 0.717) is 0 Å². The predicted molar refractivity (Wildman–Crippen MR) is 65.8 cm³/mol. The minimum Gasteiger partial charge on any atom is -0.496 e. The van der Waals surface area contributed by atoms with E-state index >= 15 is 0 Å². The first-order valence-electron chi connectivity index (χ1n) is 5.84. The molecule has 0 radical (unpaired) electrons. The van der Waals surface area contributed by atoms with Gasteiger partial charge in [0.1, 0.15) is 5.75 Å². The van der Waals surface area contributed by atoms with E-state index in [-0.39, 0.29) is 0 Å². The van der Waals surface area contributed by atoms with E-state index in [1.807, 2.05) is 6.07 Å². The van der Waals surface area contributed by atoms with Crippen LogP contribution in [0.5, 0.6) is 5.75 Å². The Kier molecular flexibility index (Phi) is 3.80. The molecule has 0 saturated carbocycles. The number of hydrogen-bond acceptors (Lipinski definition) is 3. The Balaban J connectivity index is 1.88. The normalized spacial score (nSPS) is 15.9. The van der Waals surface area contributed by atoms with Gasteiger partial charge in [-0.15, -0.1) is 0 Å². The highest BCUT2D eigenvalue weighted by atomic mass is 16.5. The highest BCUT2D eigenvalue weighted by Crippen LogP contribution is 2.19. The maximum atomic E-state index is 5.35. The molecule has 1 aliphatic rings. The first-order valence-corrected chi connectivity index (χ1v) is 5.84. The van der Waals surface area contributed by atoms with Crippen LogP contribution in [-0.4, -0.2) is 26.7 Å². The number of aryl methyl sites for hydroxylation is 1. The Hall–Kier alpha value is -1.06. The number of methoxy groups -OCH3 is 1. The van der Waals surface area contributed by atoms with Crippen LogP contribution < -0.4 is 15.4 Å². The highest BCUT2D eigenvalue weighted by molar-refractivity contribution is 5.36. The maximum Gasteiger partial charge on any atom is 0.123 e. The first kappa shape index (κ1) is 11.4. The fourth-order valence-corrected chi connectivity index (χ4v) is 1.95. The lowest BCUT2D eigenvalue weighted by molar-refractivity contribution is 0.330. The minimum absolute atomic E-state index is 0.802. The molecule has 2 rings (SSSR count). The van der Waals surface area contributed by atoms with Gasteiger partial charge in [0.15, 0.2) is 0 Å². The average Bonchev–Trinajstić information content (AvgIpc) is 2.22. The molecule has 1 saturated heterocycles. The molecule has 0 unspecified atom stereocenters. The number of benzene rings is 1. The summed E-state index contributed by atoms with van der Waals surface area (Å²) in [6.07, 6.45) is 0.